The van der Waals surface area contributed by atoms with Gasteiger partial charge in [-0.15, -0.1) is 0 Å². The Labute approximate surface area is 144 Å². The van der Waals surface area contributed by atoms with Gasteiger partial charge in [0.2, 0.25) is 5.91 Å². The molecule has 5 nitrogen and oxygen atoms in total. The third-order valence-corrected chi connectivity index (χ3v) is 5.68. The highest BCUT2D eigenvalue weighted by molar-refractivity contribution is 5.79. The number of hydrogen-bond donors (Lipinski definition) is 0. The Hall–Kier alpha value is -1.43. The predicted octanol–water partition coefficient (Wildman–Crippen LogP) is 1.02. The summed E-state index contributed by atoms with van der Waals surface area (Å²) in [5.41, 5.74) is 1.41. The van der Waals surface area contributed by atoms with Crippen LogP contribution >= 0.6 is 0 Å². The summed E-state index contributed by atoms with van der Waals surface area (Å²) in [6.07, 6.45) is 1.16. The standard InChI is InChI=1S/C19H27N3O2/c23-19(22-13-18(14-22)21-8-10-24-11-9-21)15-20-7-6-17(12-20)16-4-2-1-3-5-16/h1-5,17-18H,6-15H2. The fourth-order valence-corrected chi connectivity index (χ4v) is 4.10. The molecule has 3 aliphatic heterocycles. The van der Waals surface area contributed by atoms with E-state index in [9.17, 15) is 4.79 Å². The van der Waals surface area contributed by atoms with Crippen molar-refractivity contribution in [3.8, 4) is 0 Å². The van der Waals surface area contributed by atoms with Gasteiger partial charge >= 0.3 is 0 Å². The Bertz CT molecular complexity index is 553. The van der Waals surface area contributed by atoms with E-state index in [4.69, 9.17) is 4.74 Å². The number of hydrogen-bond acceptors (Lipinski definition) is 4. The van der Waals surface area contributed by atoms with E-state index in [1.54, 1.807) is 0 Å². The van der Waals surface area contributed by atoms with Gasteiger partial charge in [-0.3, -0.25) is 14.6 Å². The van der Waals surface area contributed by atoms with Gasteiger partial charge in [-0.2, -0.15) is 0 Å². The topological polar surface area (TPSA) is 36.0 Å². The molecule has 5 heteroatoms. The van der Waals surface area contributed by atoms with Crippen molar-refractivity contribution in [3.63, 3.8) is 0 Å². The van der Waals surface area contributed by atoms with Crippen molar-refractivity contribution in [2.75, 3.05) is 59.0 Å². The van der Waals surface area contributed by atoms with Crippen LogP contribution in [0, 0.1) is 0 Å². The minimum Gasteiger partial charge on any atom is -0.379 e. The van der Waals surface area contributed by atoms with Crippen LogP contribution in [0.25, 0.3) is 0 Å². The van der Waals surface area contributed by atoms with Crippen LogP contribution in [-0.4, -0.2) is 85.7 Å². The van der Waals surface area contributed by atoms with Crippen molar-refractivity contribution in [1.82, 2.24) is 14.7 Å². The number of benzene rings is 1. The number of likely N-dealkylation sites (tertiary alicyclic amines) is 2. The Morgan fingerprint density at radius 3 is 2.54 bits per heavy atom. The molecule has 1 amide bonds. The molecular formula is C19H27N3O2. The van der Waals surface area contributed by atoms with E-state index in [0.717, 1.165) is 58.9 Å². The summed E-state index contributed by atoms with van der Waals surface area (Å²) < 4.78 is 5.40. The Morgan fingerprint density at radius 1 is 1.04 bits per heavy atom. The van der Waals surface area contributed by atoms with Crippen molar-refractivity contribution in [1.29, 1.82) is 0 Å². The molecule has 0 spiro atoms. The molecule has 3 heterocycles. The molecule has 1 aromatic carbocycles. The monoisotopic (exact) mass is 329 g/mol. The summed E-state index contributed by atoms with van der Waals surface area (Å²) in [6.45, 7) is 8.11. The zero-order chi connectivity index (χ0) is 16.4. The predicted molar refractivity (Wildman–Crippen MR) is 93.0 cm³/mol. The summed E-state index contributed by atoms with van der Waals surface area (Å²) >= 11 is 0. The Morgan fingerprint density at radius 2 is 1.79 bits per heavy atom. The van der Waals surface area contributed by atoms with Gasteiger partial charge in [0.25, 0.3) is 0 Å². The van der Waals surface area contributed by atoms with Gasteiger partial charge in [0, 0.05) is 38.8 Å². The molecule has 1 aromatic rings. The van der Waals surface area contributed by atoms with E-state index in [1.807, 2.05) is 4.90 Å². The maximum Gasteiger partial charge on any atom is 0.236 e. The molecular weight excluding hydrogens is 302 g/mol. The van der Waals surface area contributed by atoms with E-state index in [2.05, 4.69) is 40.1 Å². The van der Waals surface area contributed by atoms with E-state index < -0.39 is 0 Å². The normalized spacial score (nSPS) is 26.5. The van der Waals surface area contributed by atoms with Crippen LogP contribution in [0.3, 0.4) is 0 Å². The van der Waals surface area contributed by atoms with Crippen molar-refractivity contribution in [3.05, 3.63) is 35.9 Å². The van der Waals surface area contributed by atoms with Crippen LogP contribution < -0.4 is 0 Å². The average Bonchev–Trinajstić information content (AvgIpc) is 3.04. The lowest BCUT2D eigenvalue weighted by Crippen LogP contribution is -2.63. The van der Waals surface area contributed by atoms with Gasteiger partial charge < -0.3 is 9.64 Å². The fraction of sp³-hybridized carbons (Fsp3) is 0.632. The molecule has 0 N–H and O–H groups in total. The average molecular weight is 329 g/mol. The molecule has 24 heavy (non-hydrogen) atoms. The number of nitrogens with zero attached hydrogens (tertiary/aromatic N) is 3. The number of ether oxygens (including phenoxy) is 1. The molecule has 0 bridgehead atoms. The highest BCUT2D eigenvalue weighted by Crippen LogP contribution is 2.27. The van der Waals surface area contributed by atoms with Crippen LogP contribution in [-0.2, 0) is 9.53 Å². The van der Waals surface area contributed by atoms with E-state index in [-0.39, 0.29) is 0 Å². The van der Waals surface area contributed by atoms with E-state index in [1.165, 1.54) is 5.56 Å². The SMILES string of the molecule is O=C(CN1CCC(c2ccccc2)C1)N1CC(N2CCOCC2)C1. The van der Waals surface area contributed by atoms with Crippen molar-refractivity contribution >= 4 is 5.91 Å². The Balaban J connectivity index is 1.22. The minimum atomic E-state index is 0.299. The van der Waals surface area contributed by atoms with Gasteiger partial charge in [0.1, 0.15) is 0 Å². The summed E-state index contributed by atoms with van der Waals surface area (Å²) in [4.78, 5) is 19.3. The number of amides is 1. The van der Waals surface area contributed by atoms with Crippen molar-refractivity contribution in [2.24, 2.45) is 0 Å². The maximum atomic E-state index is 12.5. The first-order valence-electron chi connectivity index (χ1n) is 9.16. The summed E-state index contributed by atoms with van der Waals surface area (Å²) in [6, 6.07) is 11.2. The van der Waals surface area contributed by atoms with E-state index >= 15 is 0 Å². The van der Waals surface area contributed by atoms with Crippen LogP contribution in [0.2, 0.25) is 0 Å². The number of carbonyl (C=O) groups excluding carboxylic acids is 1. The van der Waals surface area contributed by atoms with Gasteiger partial charge in [-0.25, -0.2) is 0 Å². The first-order valence-corrected chi connectivity index (χ1v) is 9.16. The number of morpholine rings is 1. The van der Waals surface area contributed by atoms with Gasteiger partial charge in [-0.05, 0) is 24.4 Å². The maximum absolute atomic E-state index is 12.5. The quantitative estimate of drug-likeness (QED) is 0.826. The molecule has 0 aromatic heterocycles. The van der Waals surface area contributed by atoms with Crippen LogP contribution in [0.15, 0.2) is 30.3 Å². The molecule has 1 atom stereocenters. The first kappa shape index (κ1) is 16.1. The van der Waals surface area contributed by atoms with Crippen molar-refractivity contribution in [2.45, 2.75) is 18.4 Å². The first-order chi connectivity index (χ1) is 11.8. The molecule has 0 aliphatic carbocycles. The minimum absolute atomic E-state index is 0.299. The fourth-order valence-electron chi connectivity index (χ4n) is 4.10. The molecule has 4 rings (SSSR count). The molecule has 0 saturated carbocycles. The molecule has 130 valence electrons. The van der Waals surface area contributed by atoms with Gasteiger partial charge in [0.05, 0.1) is 19.8 Å². The second-order valence-electron chi connectivity index (χ2n) is 7.23. The van der Waals surface area contributed by atoms with Crippen LogP contribution in [0.5, 0.6) is 0 Å². The third-order valence-electron chi connectivity index (χ3n) is 5.68. The molecule has 3 fully saturated rings. The highest BCUT2D eigenvalue weighted by atomic mass is 16.5. The second kappa shape index (κ2) is 7.21. The molecule has 3 aliphatic rings. The molecule has 0 radical (unpaired) electrons. The lowest BCUT2D eigenvalue weighted by atomic mass is 9.99. The van der Waals surface area contributed by atoms with E-state index in [0.29, 0.717) is 24.4 Å². The second-order valence-corrected chi connectivity index (χ2v) is 7.23. The van der Waals surface area contributed by atoms with Gasteiger partial charge in [0.15, 0.2) is 0 Å². The highest BCUT2D eigenvalue weighted by Gasteiger charge is 2.36. The summed E-state index contributed by atoms with van der Waals surface area (Å²) in [7, 11) is 0. The summed E-state index contributed by atoms with van der Waals surface area (Å²) in [5.74, 6) is 0.879. The summed E-state index contributed by atoms with van der Waals surface area (Å²) in [5, 5.41) is 0. The zero-order valence-corrected chi connectivity index (χ0v) is 14.3. The molecule has 1 unspecified atom stereocenters. The number of carbonyl (C=O) groups is 1. The van der Waals surface area contributed by atoms with Crippen molar-refractivity contribution < 1.29 is 9.53 Å². The van der Waals surface area contributed by atoms with Crippen LogP contribution in [0.1, 0.15) is 17.9 Å². The van der Waals surface area contributed by atoms with Crippen LogP contribution in [0.4, 0.5) is 0 Å². The zero-order valence-electron chi connectivity index (χ0n) is 14.3. The third kappa shape index (κ3) is 3.48. The molecule has 3 saturated heterocycles. The largest absolute Gasteiger partial charge is 0.379 e. The lowest BCUT2D eigenvalue weighted by molar-refractivity contribution is -0.141. The lowest BCUT2D eigenvalue weighted by Gasteiger charge is -2.46. The number of rotatable bonds is 4. The Kier molecular flexibility index (Phi) is 4.83. The smallest absolute Gasteiger partial charge is 0.236 e. The van der Waals surface area contributed by atoms with Gasteiger partial charge in [-0.1, -0.05) is 30.3 Å².